The maximum Gasteiger partial charge on any atom is 0.249 e. The summed E-state index contributed by atoms with van der Waals surface area (Å²) in [6.07, 6.45) is 0. The molecule has 0 aliphatic carbocycles. The van der Waals surface area contributed by atoms with Crippen molar-refractivity contribution in [2.24, 2.45) is 0 Å². The normalized spacial score (nSPS) is 19.9. The fourth-order valence-electron chi connectivity index (χ4n) is 1.97. The van der Waals surface area contributed by atoms with Crippen LogP contribution in [0.5, 0.6) is 0 Å². The van der Waals surface area contributed by atoms with E-state index in [1.54, 1.807) is 30.0 Å². The fraction of sp³-hybridized carbons (Fsp3) is 0.333. The number of rotatable bonds is 2. The molecule has 1 unspecified atom stereocenters. The number of carbonyl (C=O) groups excluding carboxylic acids is 2. The van der Waals surface area contributed by atoms with E-state index in [9.17, 15) is 14.7 Å². The summed E-state index contributed by atoms with van der Waals surface area (Å²) in [5, 5.41) is 12.1. The lowest BCUT2D eigenvalue weighted by Gasteiger charge is -2.34. The van der Waals surface area contributed by atoms with E-state index < -0.39 is 6.04 Å². The van der Waals surface area contributed by atoms with Crippen LogP contribution in [0.3, 0.4) is 0 Å². The van der Waals surface area contributed by atoms with Gasteiger partial charge in [-0.05, 0) is 25.1 Å². The van der Waals surface area contributed by atoms with Crippen LogP contribution < -0.4 is 10.2 Å². The number of amides is 2. The van der Waals surface area contributed by atoms with E-state index in [4.69, 9.17) is 11.6 Å². The fourth-order valence-corrected chi connectivity index (χ4v) is 2.16. The summed E-state index contributed by atoms with van der Waals surface area (Å²) in [6.45, 7) is 1.59. The first kappa shape index (κ1) is 12.9. The average molecular weight is 269 g/mol. The number of hydrogen-bond acceptors (Lipinski definition) is 4. The Labute approximate surface area is 109 Å². The van der Waals surface area contributed by atoms with E-state index in [1.165, 1.54) is 0 Å². The number of hydrogen-bond donors (Lipinski definition) is 2. The lowest BCUT2D eigenvalue weighted by molar-refractivity contribution is -0.132. The second-order valence-corrected chi connectivity index (χ2v) is 4.58. The number of aliphatic hydroxyl groups is 1. The molecule has 18 heavy (non-hydrogen) atoms. The molecular formula is C12H13ClN2O3. The van der Waals surface area contributed by atoms with Gasteiger partial charge in [0.15, 0.2) is 0 Å². The number of halogens is 1. The van der Waals surface area contributed by atoms with Gasteiger partial charge >= 0.3 is 0 Å². The molecular weight excluding hydrogens is 256 g/mol. The number of benzene rings is 1. The maximum atomic E-state index is 11.6. The summed E-state index contributed by atoms with van der Waals surface area (Å²) in [6, 6.07) is 4.53. The molecule has 1 aliphatic heterocycles. The topological polar surface area (TPSA) is 69.6 Å². The zero-order valence-electron chi connectivity index (χ0n) is 9.81. The van der Waals surface area contributed by atoms with Crippen molar-refractivity contribution in [3.05, 3.63) is 28.8 Å². The Balaban J connectivity index is 2.40. The summed E-state index contributed by atoms with van der Waals surface area (Å²) in [5.41, 5.74) is 1.24. The second kappa shape index (κ2) is 4.96. The Bertz CT molecular complexity index is 504. The van der Waals surface area contributed by atoms with Crippen LogP contribution >= 0.6 is 11.6 Å². The monoisotopic (exact) mass is 268 g/mol. The number of aliphatic hydroxyl groups excluding tert-OH is 1. The van der Waals surface area contributed by atoms with Crippen LogP contribution in [-0.4, -0.2) is 29.5 Å². The van der Waals surface area contributed by atoms with Crippen LogP contribution in [-0.2, 0) is 16.2 Å². The standard InChI is InChI=1S/C12H13ClN2O3/c1-7-12(18)14-11(17)5-15(7)10-3-2-9(13)4-8(10)6-16/h2-4,7,16H,5-6H2,1H3,(H,14,17,18). The molecule has 0 aromatic heterocycles. The van der Waals surface area contributed by atoms with Gasteiger partial charge in [-0.25, -0.2) is 0 Å². The van der Waals surface area contributed by atoms with Gasteiger partial charge in [-0.1, -0.05) is 11.6 Å². The molecule has 1 aromatic carbocycles. The van der Waals surface area contributed by atoms with Crippen LogP contribution in [0.25, 0.3) is 0 Å². The van der Waals surface area contributed by atoms with Crippen molar-refractivity contribution in [2.75, 3.05) is 11.4 Å². The first-order chi connectivity index (χ1) is 8.52. The minimum Gasteiger partial charge on any atom is -0.392 e. The largest absolute Gasteiger partial charge is 0.392 e. The van der Waals surface area contributed by atoms with Crippen LogP contribution in [0.4, 0.5) is 5.69 Å². The smallest absolute Gasteiger partial charge is 0.249 e. The Morgan fingerprint density at radius 2 is 2.22 bits per heavy atom. The molecule has 0 radical (unpaired) electrons. The number of carbonyl (C=O) groups is 2. The van der Waals surface area contributed by atoms with Gasteiger partial charge in [-0.15, -0.1) is 0 Å². The van der Waals surface area contributed by atoms with Crippen molar-refractivity contribution in [1.82, 2.24) is 5.32 Å². The van der Waals surface area contributed by atoms with Crippen molar-refractivity contribution < 1.29 is 14.7 Å². The molecule has 5 nitrogen and oxygen atoms in total. The molecule has 2 rings (SSSR count). The Hall–Kier alpha value is -1.59. The molecule has 6 heteroatoms. The van der Waals surface area contributed by atoms with Crippen molar-refractivity contribution in [3.63, 3.8) is 0 Å². The Morgan fingerprint density at radius 3 is 2.89 bits per heavy atom. The molecule has 2 amide bonds. The SMILES string of the molecule is CC1C(=O)NC(=O)CN1c1ccc(Cl)cc1CO. The third-order valence-corrected chi connectivity index (χ3v) is 3.18. The molecule has 0 spiro atoms. The van der Waals surface area contributed by atoms with Gasteiger partial charge in [0, 0.05) is 16.3 Å². The van der Waals surface area contributed by atoms with Gasteiger partial charge in [0.05, 0.1) is 13.2 Å². The molecule has 96 valence electrons. The number of anilines is 1. The van der Waals surface area contributed by atoms with Gasteiger partial charge in [0.2, 0.25) is 11.8 Å². The number of imide groups is 1. The van der Waals surface area contributed by atoms with Gasteiger partial charge < -0.3 is 10.0 Å². The summed E-state index contributed by atoms with van der Waals surface area (Å²) in [4.78, 5) is 24.7. The molecule has 0 saturated carbocycles. The Morgan fingerprint density at radius 1 is 1.50 bits per heavy atom. The van der Waals surface area contributed by atoms with E-state index in [0.29, 0.717) is 16.3 Å². The lowest BCUT2D eigenvalue weighted by Crippen LogP contribution is -2.57. The summed E-state index contributed by atoms with van der Waals surface area (Å²) >= 11 is 5.85. The minimum atomic E-state index is -0.464. The third-order valence-electron chi connectivity index (χ3n) is 2.94. The van der Waals surface area contributed by atoms with Gasteiger partial charge in [0.1, 0.15) is 6.04 Å². The van der Waals surface area contributed by atoms with Crippen molar-refractivity contribution >= 4 is 29.1 Å². The first-order valence-electron chi connectivity index (χ1n) is 5.52. The highest BCUT2D eigenvalue weighted by Crippen LogP contribution is 2.27. The van der Waals surface area contributed by atoms with Crippen LogP contribution in [0.15, 0.2) is 18.2 Å². The lowest BCUT2D eigenvalue weighted by atomic mass is 10.1. The highest BCUT2D eigenvalue weighted by molar-refractivity contribution is 6.30. The highest BCUT2D eigenvalue weighted by atomic mass is 35.5. The minimum absolute atomic E-state index is 0.0849. The number of piperazine rings is 1. The van der Waals surface area contributed by atoms with Gasteiger partial charge in [0.25, 0.3) is 0 Å². The molecule has 1 aliphatic rings. The number of nitrogens with zero attached hydrogens (tertiary/aromatic N) is 1. The van der Waals surface area contributed by atoms with Crippen LogP contribution in [0.1, 0.15) is 12.5 Å². The van der Waals surface area contributed by atoms with Crippen molar-refractivity contribution in [1.29, 1.82) is 0 Å². The van der Waals surface area contributed by atoms with E-state index in [1.807, 2.05) is 0 Å². The average Bonchev–Trinajstić information content (AvgIpc) is 2.34. The van der Waals surface area contributed by atoms with E-state index in [-0.39, 0.29) is 25.0 Å². The van der Waals surface area contributed by atoms with Crippen LogP contribution in [0, 0.1) is 0 Å². The van der Waals surface area contributed by atoms with E-state index in [2.05, 4.69) is 5.32 Å². The van der Waals surface area contributed by atoms with Gasteiger partial charge in [-0.2, -0.15) is 0 Å². The predicted molar refractivity (Wildman–Crippen MR) is 67.3 cm³/mol. The van der Waals surface area contributed by atoms with Crippen LogP contribution in [0.2, 0.25) is 5.02 Å². The molecule has 1 heterocycles. The zero-order chi connectivity index (χ0) is 13.3. The summed E-state index contributed by atoms with van der Waals surface area (Å²) in [7, 11) is 0. The third kappa shape index (κ3) is 2.32. The molecule has 1 saturated heterocycles. The summed E-state index contributed by atoms with van der Waals surface area (Å²) in [5.74, 6) is -0.693. The Kier molecular flexibility index (Phi) is 3.54. The zero-order valence-corrected chi connectivity index (χ0v) is 10.6. The highest BCUT2D eigenvalue weighted by Gasteiger charge is 2.31. The molecule has 1 atom stereocenters. The molecule has 0 bridgehead atoms. The molecule has 1 fully saturated rings. The maximum absolute atomic E-state index is 11.6. The van der Waals surface area contributed by atoms with Crippen molar-refractivity contribution in [3.8, 4) is 0 Å². The molecule has 1 aromatic rings. The van der Waals surface area contributed by atoms with E-state index >= 15 is 0 Å². The quantitative estimate of drug-likeness (QED) is 0.774. The predicted octanol–water partition coefficient (Wildman–Crippen LogP) is 0.684. The number of nitrogens with one attached hydrogen (secondary N) is 1. The second-order valence-electron chi connectivity index (χ2n) is 4.15. The molecule has 2 N–H and O–H groups in total. The first-order valence-corrected chi connectivity index (χ1v) is 5.90. The van der Waals surface area contributed by atoms with Crippen molar-refractivity contribution in [2.45, 2.75) is 19.6 Å². The van der Waals surface area contributed by atoms with E-state index in [0.717, 1.165) is 0 Å². The van der Waals surface area contributed by atoms with Gasteiger partial charge in [-0.3, -0.25) is 14.9 Å². The summed E-state index contributed by atoms with van der Waals surface area (Å²) < 4.78 is 0.